The van der Waals surface area contributed by atoms with Crippen molar-refractivity contribution in [2.24, 2.45) is 14.1 Å². The Hall–Kier alpha value is -4.52. The van der Waals surface area contributed by atoms with E-state index in [1.807, 2.05) is 86.6 Å². The zero-order valence-electron chi connectivity index (χ0n) is 21.3. The van der Waals surface area contributed by atoms with Gasteiger partial charge in [0.2, 0.25) is 0 Å². The van der Waals surface area contributed by atoms with Crippen molar-refractivity contribution in [3.05, 3.63) is 110 Å². The van der Waals surface area contributed by atoms with Gasteiger partial charge in [0.05, 0.1) is 46.3 Å². The van der Waals surface area contributed by atoms with E-state index in [-0.39, 0.29) is 17.3 Å². The molecular formula is C30H28N4O3. The Morgan fingerprint density at radius 1 is 0.892 bits per heavy atom. The van der Waals surface area contributed by atoms with Crippen LogP contribution in [0.1, 0.15) is 29.8 Å². The first-order valence-electron chi connectivity index (χ1n) is 12.4. The lowest BCUT2D eigenvalue weighted by molar-refractivity contribution is 0.335. The number of nitrogens with zero attached hydrogens (tertiary/aromatic N) is 3. The van der Waals surface area contributed by atoms with Crippen LogP contribution in [-0.4, -0.2) is 20.3 Å². The van der Waals surface area contributed by atoms with Crippen LogP contribution in [0.15, 0.2) is 82.4 Å². The molecular weight excluding hydrogens is 464 g/mol. The van der Waals surface area contributed by atoms with Gasteiger partial charge in [-0.15, -0.1) is 0 Å². The molecule has 6 rings (SSSR count). The number of anilines is 1. The van der Waals surface area contributed by atoms with Gasteiger partial charge in [-0.1, -0.05) is 54.6 Å². The normalized spacial score (nSPS) is 14.2. The number of para-hydroxylation sites is 3. The SMILES string of the molecule is CCOc1ccccc1[C@H]1Nc2ccccc2-n2c(-c3ccccc3C)c3c(=O)n(C)c(=O)n(C)c3c21. The molecule has 0 radical (unpaired) electrons. The largest absolute Gasteiger partial charge is 0.494 e. The molecule has 2 aromatic heterocycles. The summed E-state index contributed by atoms with van der Waals surface area (Å²) in [6.45, 7) is 4.53. The maximum absolute atomic E-state index is 13.8. The van der Waals surface area contributed by atoms with E-state index in [4.69, 9.17) is 4.74 Å². The molecule has 0 spiro atoms. The smallest absolute Gasteiger partial charge is 0.331 e. The van der Waals surface area contributed by atoms with Crippen LogP contribution in [0.2, 0.25) is 0 Å². The molecule has 3 heterocycles. The van der Waals surface area contributed by atoms with Gasteiger partial charge in [-0.05, 0) is 37.6 Å². The van der Waals surface area contributed by atoms with Crippen molar-refractivity contribution in [3.63, 3.8) is 0 Å². The Morgan fingerprint density at radius 2 is 1.59 bits per heavy atom. The number of aryl methyl sites for hydroxylation is 2. The van der Waals surface area contributed by atoms with Crippen LogP contribution in [0, 0.1) is 6.92 Å². The minimum absolute atomic E-state index is 0.312. The molecule has 37 heavy (non-hydrogen) atoms. The van der Waals surface area contributed by atoms with Gasteiger partial charge in [0, 0.05) is 25.2 Å². The van der Waals surface area contributed by atoms with Crippen molar-refractivity contribution in [1.29, 1.82) is 0 Å². The molecule has 5 aromatic rings. The predicted octanol–water partition coefficient (Wildman–Crippen LogP) is 4.92. The van der Waals surface area contributed by atoms with Gasteiger partial charge in [-0.3, -0.25) is 13.9 Å². The van der Waals surface area contributed by atoms with Crippen LogP contribution in [0.3, 0.4) is 0 Å². The Morgan fingerprint density at radius 3 is 2.38 bits per heavy atom. The van der Waals surface area contributed by atoms with Crippen molar-refractivity contribution in [2.45, 2.75) is 19.9 Å². The molecule has 1 atom stereocenters. The number of rotatable bonds is 4. The van der Waals surface area contributed by atoms with E-state index in [9.17, 15) is 9.59 Å². The minimum Gasteiger partial charge on any atom is -0.494 e. The Bertz CT molecular complexity index is 1810. The molecule has 1 aliphatic heterocycles. The summed E-state index contributed by atoms with van der Waals surface area (Å²) >= 11 is 0. The molecule has 0 fully saturated rings. The van der Waals surface area contributed by atoms with Crippen molar-refractivity contribution in [3.8, 4) is 22.7 Å². The Balaban J connectivity index is 1.86. The number of fused-ring (bicyclic) bond motifs is 5. The first-order valence-corrected chi connectivity index (χ1v) is 12.4. The number of ether oxygens (including phenoxy) is 1. The number of benzene rings is 3. The third kappa shape index (κ3) is 3.27. The van der Waals surface area contributed by atoms with Gasteiger partial charge in [-0.25, -0.2) is 4.79 Å². The van der Waals surface area contributed by atoms with Crippen LogP contribution >= 0.6 is 0 Å². The van der Waals surface area contributed by atoms with Crippen molar-refractivity contribution < 1.29 is 4.74 Å². The summed E-state index contributed by atoms with van der Waals surface area (Å²) < 4.78 is 11.0. The van der Waals surface area contributed by atoms with E-state index < -0.39 is 0 Å². The third-order valence-corrected chi connectivity index (χ3v) is 7.26. The van der Waals surface area contributed by atoms with Gasteiger partial charge in [-0.2, -0.15) is 0 Å². The maximum atomic E-state index is 13.8. The summed E-state index contributed by atoms with van der Waals surface area (Å²) in [5.74, 6) is 0.758. The highest BCUT2D eigenvalue weighted by Gasteiger charge is 2.36. The van der Waals surface area contributed by atoms with Crippen molar-refractivity contribution >= 4 is 16.6 Å². The molecule has 0 unspecified atom stereocenters. The molecule has 7 heteroatoms. The van der Waals surface area contributed by atoms with E-state index in [1.165, 1.54) is 11.6 Å². The molecule has 3 aromatic carbocycles. The highest BCUT2D eigenvalue weighted by atomic mass is 16.5. The van der Waals surface area contributed by atoms with Crippen LogP contribution < -0.4 is 21.3 Å². The average Bonchev–Trinajstić information content (AvgIpc) is 3.27. The van der Waals surface area contributed by atoms with Crippen LogP contribution in [-0.2, 0) is 14.1 Å². The fourth-order valence-corrected chi connectivity index (χ4v) is 5.55. The second-order valence-electron chi connectivity index (χ2n) is 9.38. The number of hydrogen-bond acceptors (Lipinski definition) is 4. The van der Waals surface area contributed by atoms with E-state index in [0.29, 0.717) is 17.5 Å². The van der Waals surface area contributed by atoms with Crippen molar-refractivity contribution in [2.75, 3.05) is 11.9 Å². The number of aromatic nitrogens is 3. The standard InChI is InChI=1S/C30H28N4O3/c1-5-37-23-17-11-8-14-20(23)25-28-27-24(29(35)33(4)30(36)32(27)3)26(19-13-7-6-12-18(19)2)34(28)22-16-10-9-15-21(22)31-25/h6-17,25,31H,5H2,1-4H3/t25-/m1/s1. The van der Waals surface area contributed by atoms with Crippen LogP contribution in [0.4, 0.5) is 5.69 Å². The number of hydrogen-bond donors (Lipinski definition) is 1. The molecule has 1 aliphatic rings. The second kappa shape index (κ2) is 8.55. The lowest BCUT2D eigenvalue weighted by Gasteiger charge is -2.32. The highest BCUT2D eigenvalue weighted by molar-refractivity contribution is 6.00. The lowest BCUT2D eigenvalue weighted by Crippen LogP contribution is -2.37. The summed E-state index contributed by atoms with van der Waals surface area (Å²) in [6, 6.07) is 23.7. The van der Waals surface area contributed by atoms with Gasteiger partial charge in [0.15, 0.2) is 0 Å². The molecule has 0 saturated carbocycles. The van der Waals surface area contributed by atoms with E-state index in [1.54, 1.807) is 11.6 Å². The van der Waals surface area contributed by atoms with E-state index >= 15 is 0 Å². The highest BCUT2D eigenvalue weighted by Crippen LogP contribution is 2.47. The van der Waals surface area contributed by atoms with Gasteiger partial charge in [0.25, 0.3) is 5.56 Å². The first kappa shape index (κ1) is 22.9. The summed E-state index contributed by atoms with van der Waals surface area (Å²) in [4.78, 5) is 27.1. The van der Waals surface area contributed by atoms with E-state index in [0.717, 1.165) is 45.2 Å². The third-order valence-electron chi connectivity index (χ3n) is 7.26. The average molecular weight is 493 g/mol. The van der Waals surface area contributed by atoms with Gasteiger partial charge >= 0.3 is 5.69 Å². The zero-order chi connectivity index (χ0) is 25.8. The Labute approximate surface area is 214 Å². The second-order valence-corrected chi connectivity index (χ2v) is 9.38. The van der Waals surface area contributed by atoms with Gasteiger partial charge < -0.3 is 14.6 Å². The summed E-state index contributed by atoms with van der Waals surface area (Å²) in [7, 11) is 3.27. The summed E-state index contributed by atoms with van der Waals surface area (Å²) in [5, 5.41) is 4.22. The Kier molecular flexibility index (Phi) is 5.30. The summed E-state index contributed by atoms with van der Waals surface area (Å²) in [5.41, 5.74) is 6.34. The molecule has 186 valence electrons. The topological polar surface area (TPSA) is 70.2 Å². The minimum atomic E-state index is -0.365. The predicted molar refractivity (Wildman–Crippen MR) is 147 cm³/mol. The molecule has 0 bridgehead atoms. The number of nitrogens with one attached hydrogen (secondary N) is 1. The fourth-order valence-electron chi connectivity index (χ4n) is 5.55. The van der Waals surface area contributed by atoms with Gasteiger partial charge in [0.1, 0.15) is 5.75 Å². The quantitative estimate of drug-likeness (QED) is 0.387. The molecule has 1 N–H and O–H groups in total. The van der Waals surface area contributed by atoms with Crippen LogP contribution in [0.5, 0.6) is 5.75 Å². The molecule has 0 amide bonds. The fraction of sp³-hybridized carbons (Fsp3) is 0.200. The van der Waals surface area contributed by atoms with Crippen molar-refractivity contribution in [1.82, 2.24) is 13.7 Å². The maximum Gasteiger partial charge on any atom is 0.331 e. The summed E-state index contributed by atoms with van der Waals surface area (Å²) in [6.07, 6.45) is 0. The lowest BCUT2D eigenvalue weighted by atomic mass is 9.98. The molecule has 0 saturated heterocycles. The molecule has 7 nitrogen and oxygen atoms in total. The first-order chi connectivity index (χ1) is 17.9. The zero-order valence-corrected chi connectivity index (χ0v) is 21.3. The van der Waals surface area contributed by atoms with E-state index in [2.05, 4.69) is 9.88 Å². The molecule has 0 aliphatic carbocycles. The van der Waals surface area contributed by atoms with Crippen LogP contribution in [0.25, 0.3) is 27.8 Å². The monoisotopic (exact) mass is 492 g/mol.